The molecular weight excluding hydrogens is 362 g/mol. The third-order valence-corrected chi connectivity index (χ3v) is 6.28. The number of allylic oxidation sites excluding steroid dienone is 1. The van der Waals surface area contributed by atoms with Crippen molar-refractivity contribution < 1.29 is 14.9 Å². The summed E-state index contributed by atoms with van der Waals surface area (Å²) >= 11 is 0. The minimum atomic E-state index is -0.512. The molecule has 3 rings (SSSR count). The first-order valence-corrected chi connectivity index (χ1v) is 10.9. The monoisotopic (exact) mass is 399 g/mol. The van der Waals surface area contributed by atoms with Crippen molar-refractivity contribution in [3.8, 4) is 0 Å². The van der Waals surface area contributed by atoms with E-state index in [0.717, 1.165) is 44.6 Å². The Hall–Kier alpha value is -1.46. The zero-order chi connectivity index (χ0) is 20.8. The molecule has 29 heavy (non-hydrogen) atoms. The Balaban J connectivity index is 1.47. The summed E-state index contributed by atoms with van der Waals surface area (Å²) in [4.78, 5) is 2.13. The normalized spacial score (nSPS) is 27.6. The second kappa shape index (κ2) is 10.5. The number of hydrogen-bond donors (Lipinski definition) is 2. The molecular formula is C25H37NO3. The second-order valence-electron chi connectivity index (χ2n) is 9.05. The fourth-order valence-corrected chi connectivity index (χ4v) is 4.75. The number of fused-ring (bicyclic) bond motifs is 1. The minimum absolute atomic E-state index is 0.135. The molecule has 160 valence electrons. The average Bonchev–Trinajstić information content (AvgIpc) is 3.16. The van der Waals surface area contributed by atoms with E-state index in [1.807, 2.05) is 12.1 Å². The molecule has 2 N–H and O–H groups in total. The molecule has 4 nitrogen and oxygen atoms in total. The molecule has 2 aliphatic carbocycles. The summed E-state index contributed by atoms with van der Waals surface area (Å²) in [5.41, 5.74) is 3.82. The quantitative estimate of drug-likeness (QED) is 0.468. The van der Waals surface area contributed by atoms with Crippen molar-refractivity contribution in [2.45, 2.75) is 44.8 Å². The van der Waals surface area contributed by atoms with Crippen molar-refractivity contribution in [1.29, 1.82) is 0 Å². The van der Waals surface area contributed by atoms with Gasteiger partial charge in [0, 0.05) is 18.9 Å². The van der Waals surface area contributed by atoms with E-state index in [1.165, 1.54) is 11.1 Å². The van der Waals surface area contributed by atoms with Gasteiger partial charge in [-0.15, -0.1) is 0 Å². The van der Waals surface area contributed by atoms with Crippen LogP contribution in [0.2, 0.25) is 0 Å². The number of hydrogen-bond acceptors (Lipinski definition) is 4. The van der Waals surface area contributed by atoms with Crippen LogP contribution in [-0.4, -0.2) is 61.2 Å². The molecule has 0 aliphatic heterocycles. The summed E-state index contributed by atoms with van der Waals surface area (Å²) in [5.74, 6) is 1.06. The number of aryl methyl sites for hydroxylation is 1. The van der Waals surface area contributed by atoms with Crippen LogP contribution < -0.4 is 0 Å². The van der Waals surface area contributed by atoms with E-state index in [0.29, 0.717) is 18.3 Å². The molecule has 1 fully saturated rings. The summed E-state index contributed by atoms with van der Waals surface area (Å²) in [6, 6.07) is 8.27. The predicted molar refractivity (Wildman–Crippen MR) is 118 cm³/mol. The van der Waals surface area contributed by atoms with Crippen LogP contribution >= 0.6 is 0 Å². The van der Waals surface area contributed by atoms with Gasteiger partial charge in [0.2, 0.25) is 0 Å². The highest BCUT2D eigenvalue weighted by molar-refractivity contribution is 5.24. The van der Waals surface area contributed by atoms with Crippen molar-refractivity contribution in [1.82, 2.24) is 4.90 Å². The van der Waals surface area contributed by atoms with Crippen LogP contribution in [0, 0.1) is 24.7 Å². The molecule has 0 aromatic heterocycles. The summed E-state index contributed by atoms with van der Waals surface area (Å²) in [6.07, 6.45) is 9.00. The van der Waals surface area contributed by atoms with Gasteiger partial charge in [-0.05, 0) is 57.7 Å². The van der Waals surface area contributed by atoms with Gasteiger partial charge < -0.3 is 19.8 Å². The predicted octanol–water partition coefficient (Wildman–Crippen LogP) is 3.37. The minimum Gasteiger partial charge on any atom is -0.392 e. The Labute approximate surface area is 175 Å². The van der Waals surface area contributed by atoms with Crippen molar-refractivity contribution >= 4 is 0 Å². The Morgan fingerprint density at radius 1 is 1.28 bits per heavy atom. The van der Waals surface area contributed by atoms with E-state index in [9.17, 15) is 10.2 Å². The molecule has 1 saturated carbocycles. The zero-order valence-corrected chi connectivity index (χ0v) is 18.1. The fourth-order valence-electron chi connectivity index (χ4n) is 4.75. The van der Waals surface area contributed by atoms with Gasteiger partial charge in [-0.1, -0.05) is 53.6 Å². The number of ether oxygens (including phenoxy) is 1. The third kappa shape index (κ3) is 6.51. The number of nitrogens with zero attached hydrogens (tertiary/aromatic N) is 1. The van der Waals surface area contributed by atoms with E-state index >= 15 is 0 Å². The second-order valence-corrected chi connectivity index (χ2v) is 9.05. The van der Waals surface area contributed by atoms with Gasteiger partial charge in [0.1, 0.15) is 0 Å². The molecule has 2 aliphatic rings. The lowest BCUT2D eigenvalue weighted by Crippen LogP contribution is -2.19. The van der Waals surface area contributed by atoms with Crippen LogP contribution in [0.3, 0.4) is 0 Å². The average molecular weight is 400 g/mol. The lowest BCUT2D eigenvalue weighted by molar-refractivity contribution is 0.119. The molecule has 4 heteroatoms. The van der Waals surface area contributed by atoms with Gasteiger partial charge in [-0.3, -0.25) is 0 Å². The topological polar surface area (TPSA) is 52.9 Å². The van der Waals surface area contributed by atoms with Gasteiger partial charge in [-0.25, -0.2) is 0 Å². The summed E-state index contributed by atoms with van der Waals surface area (Å²) in [6.45, 7) is 4.57. The van der Waals surface area contributed by atoms with Crippen molar-refractivity contribution in [2.24, 2.45) is 17.8 Å². The van der Waals surface area contributed by atoms with Crippen LogP contribution in [0.15, 0.2) is 48.1 Å². The molecule has 0 unspecified atom stereocenters. The molecule has 1 aromatic rings. The Kier molecular flexibility index (Phi) is 8.07. The maximum absolute atomic E-state index is 10.5. The summed E-state index contributed by atoms with van der Waals surface area (Å²) < 4.78 is 5.74. The van der Waals surface area contributed by atoms with Crippen LogP contribution in [0.4, 0.5) is 0 Å². The lowest BCUT2D eigenvalue weighted by Gasteiger charge is -2.19. The molecule has 0 saturated heterocycles. The number of aliphatic hydroxyl groups is 2. The van der Waals surface area contributed by atoms with Gasteiger partial charge in [0.15, 0.2) is 0 Å². The highest BCUT2D eigenvalue weighted by atomic mass is 16.5. The fraction of sp³-hybridized carbons (Fsp3) is 0.600. The van der Waals surface area contributed by atoms with Crippen LogP contribution in [-0.2, 0) is 11.2 Å². The smallest absolute Gasteiger partial charge is 0.0761 e. The number of rotatable bonds is 10. The number of benzene rings is 1. The van der Waals surface area contributed by atoms with Gasteiger partial charge in [0.05, 0.1) is 25.4 Å². The SMILES string of the molecule is Cc1cccc(C[C@H](O)/C=C/[C@@H]2[C@H]3CC(CCOCCN(C)C)=C[C@H]3C[C@H]2O)c1. The number of likely N-dealkylation sites (N-methyl/N-ethyl adjacent to an activating group) is 1. The van der Waals surface area contributed by atoms with Gasteiger partial charge in [0.25, 0.3) is 0 Å². The Morgan fingerprint density at radius 2 is 2.10 bits per heavy atom. The standard InChI is InChI=1S/C25H37NO3/c1-18-5-4-6-19(13-18)15-22(27)7-8-23-24-16-20(14-21(24)17-25(23)28)9-11-29-12-10-26(2)3/h4-8,13-14,21-25,27-28H,9-12,15-17H2,1-3H3/b8-7+/t21-,22+,23+,24-,25+/m0/s1. The third-order valence-electron chi connectivity index (χ3n) is 6.28. The first kappa shape index (κ1) is 22.2. The summed E-state index contributed by atoms with van der Waals surface area (Å²) in [7, 11) is 4.11. The Bertz CT molecular complexity index is 712. The van der Waals surface area contributed by atoms with Crippen molar-refractivity contribution in [2.75, 3.05) is 33.9 Å². The van der Waals surface area contributed by atoms with Gasteiger partial charge in [-0.2, -0.15) is 0 Å². The van der Waals surface area contributed by atoms with Gasteiger partial charge >= 0.3 is 0 Å². The van der Waals surface area contributed by atoms with E-state index in [1.54, 1.807) is 0 Å². The van der Waals surface area contributed by atoms with Crippen LogP contribution in [0.5, 0.6) is 0 Å². The van der Waals surface area contributed by atoms with E-state index in [4.69, 9.17) is 4.74 Å². The zero-order valence-electron chi connectivity index (χ0n) is 18.1. The van der Waals surface area contributed by atoms with Crippen molar-refractivity contribution in [3.63, 3.8) is 0 Å². The van der Waals surface area contributed by atoms with Crippen molar-refractivity contribution in [3.05, 3.63) is 59.2 Å². The molecule has 0 amide bonds. The molecule has 0 spiro atoms. The number of aliphatic hydroxyl groups excluding tert-OH is 2. The summed E-state index contributed by atoms with van der Waals surface area (Å²) in [5, 5.41) is 21.0. The van der Waals surface area contributed by atoms with Crippen LogP contribution in [0.25, 0.3) is 0 Å². The molecule has 5 atom stereocenters. The molecule has 0 radical (unpaired) electrons. The van der Waals surface area contributed by atoms with E-state index < -0.39 is 6.10 Å². The largest absolute Gasteiger partial charge is 0.392 e. The molecule has 0 heterocycles. The molecule has 0 bridgehead atoms. The van der Waals surface area contributed by atoms with E-state index in [2.05, 4.69) is 56.3 Å². The molecule has 1 aromatic carbocycles. The maximum atomic E-state index is 10.5. The maximum Gasteiger partial charge on any atom is 0.0761 e. The van der Waals surface area contributed by atoms with Crippen LogP contribution in [0.1, 0.15) is 30.4 Å². The Morgan fingerprint density at radius 3 is 2.86 bits per heavy atom. The first-order chi connectivity index (χ1) is 13.9. The lowest BCUT2D eigenvalue weighted by atomic mass is 9.88. The highest BCUT2D eigenvalue weighted by Gasteiger charge is 2.43. The first-order valence-electron chi connectivity index (χ1n) is 10.9. The van der Waals surface area contributed by atoms with E-state index in [-0.39, 0.29) is 12.0 Å². The highest BCUT2D eigenvalue weighted by Crippen LogP contribution is 2.47.